The summed E-state index contributed by atoms with van der Waals surface area (Å²) in [6.45, 7) is 4.05. The molecule has 1 aromatic heterocycles. The standard InChI is InChI=1S/C29H26FN3O4/c1-18-6-9-23(10-7-18)31-29(35)26-16-37-27(32-26)17-36-24-11-8-20-12-13-33(19(2)34)28(25(20)15-24)21-4-3-5-22(30)14-21/h3-11,14-16,28H,12-13,17H2,1-2H3,(H,31,35). The molecule has 4 aromatic rings. The average Bonchev–Trinajstić information content (AvgIpc) is 3.37. The van der Waals surface area contributed by atoms with Crippen molar-refractivity contribution in [1.29, 1.82) is 0 Å². The Labute approximate surface area is 213 Å². The molecule has 8 heteroatoms. The van der Waals surface area contributed by atoms with Gasteiger partial charge in [-0.2, -0.15) is 0 Å². The first-order valence-electron chi connectivity index (χ1n) is 12.0. The number of ether oxygens (including phenoxy) is 1. The topological polar surface area (TPSA) is 84.7 Å². The fraction of sp³-hybridized carbons (Fsp3) is 0.207. The number of halogens is 1. The summed E-state index contributed by atoms with van der Waals surface area (Å²) in [5.74, 6) is -0.0165. The molecule has 0 bridgehead atoms. The number of anilines is 1. The summed E-state index contributed by atoms with van der Waals surface area (Å²) in [5.41, 5.74) is 4.56. The predicted molar refractivity (Wildman–Crippen MR) is 136 cm³/mol. The van der Waals surface area contributed by atoms with E-state index in [1.807, 2.05) is 55.5 Å². The molecule has 188 valence electrons. The van der Waals surface area contributed by atoms with Crippen molar-refractivity contribution in [2.75, 3.05) is 11.9 Å². The van der Waals surface area contributed by atoms with Crippen LogP contribution in [-0.2, 0) is 17.8 Å². The van der Waals surface area contributed by atoms with Gasteiger partial charge in [0.2, 0.25) is 11.8 Å². The van der Waals surface area contributed by atoms with E-state index >= 15 is 0 Å². The molecule has 1 aliphatic rings. The van der Waals surface area contributed by atoms with Gasteiger partial charge >= 0.3 is 0 Å². The Morgan fingerprint density at radius 3 is 2.70 bits per heavy atom. The maximum atomic E-state index is 14.0. The molecule has 1 N–H and O–H groups in total. The van der Waals surface area contributed by atoms with Gasteiger partial charge in [-0.3, -0.25) is 9.59 Å². The second-order valence-electron chi connectivity index (χ2n) is 9.02. The zero-order chi connectivity index (χ0) is 25.9. The predicted octanol–water partition coefficient (Wildman–Crippen LogP) is 5.45. The minimum absolute atomic E-state index is 0.0116. The molecule has 0 spiro atoms. The third kappa shape index (κ3) is 5.38. The number of rotatable bonds is 6. The van der Waals surface area contributed by atoms with Gasteiger partial charge in [-0.05, 0) is 66.4 Å². The van der Waals surface area contributed by atoms with Gasteiger partial charge in [0.05, 0.1) is 6.04 Å². The van der Waals surface area contributed by atoms with Crippen molar-refractivity contribution < 1.29 is 23.1 Å². The summed E-state index contributed by atoms with van der Waals surface area (Å²) in [6, 6.07) is 19.0. The Bertz CT molecular complexity index is 1450. The van der Waals surface area contributed by atoms with Crippen LogP contribution >= 0.6 is 0 Å². The molecule has 2 heterocycles. The minimum Gasteiger partial charge on any atom is -0.484 e. The molecule has 7 nitrogen and oxygen atoms in total. The molecule has 1 unspecified atom stereocenters. The van der Waals surface area contributed by atoms with Crippen LogP contribution in [0.5, 0.6) is 5.75 Å². The Kier molecular flexibility index (Phi) is 6.72. The number of carbonyl (C=O) groups excluding carboxylic acids is 2. The lowest BCUT2D eigenvalue weighted by Gasteiger charge is -2.37. The quantitative estimate of drug-likeness (QED) is 0.382. The lowest BCUT2D eigenvalue weighted by atomic mass is 9.88. The van der Waals surface area contributed by atoms with Crippen LogP contribution in [0.3, 0.4) is 0 Å². The van der Waals surface area contributed by atoms with Crippen LogP contribution < -0.4 is 10.1 Å². The van der Waals surface area contributed by atoms with Crippen LogP contribution in [0.25, 0.3) is 0 Å². The number of aromatic nitrogens is 1. The van der Waals surface area contributed by atoms with E-state index in [2.05, 4.69) is 10.3 Å². The van der Waals surface area contributed by atoms with Gasteiger partial charge in [-0.1, -0.05) is 35.9 Å². The van der Waals surface area contributed by atoms with E-state index in [4.69, 9.17) is 9.15 Å². The largest absolute Gasteiger partial charge is 0.484 e. The molecule has 0 fully saturated rings. The summed E-state index contributed by atoms with van der Waals surface area (Å²) in [5, 5.41) is 2.78. The van der Waals surface area contributed by atoms with Crippen molar-refractivity contribution in [2.24, 2.45) is 0 Å². The van der Waals surface area contributed by atoms with Crippen molar-refractivity contribution in [3.05, 3.63) is 113 Å². The van der Waals surface area contributed by atoms with Gasteiger partial charge in [0, 0.05) is 19.2 Å². The number of carbonyl (C=O) groups is 2. The van der Waals surface area contributed by atoms with Crippen LogP contribution in [0.1, 0.15) is 51.6 Å². The van der Waals surface area contributed by atoms with Gasteiger partial charge in [-0.15, -0.1) is 0 Å². The van der Waals surface area contributed by atoms with Gasteiger partial charge in [0.25, 0.3) is 5.91 Å². The molecule has 1 atom stereocenters. The summed E-state index contributed by atoms with van der Waals surface area (Å²) < 4.78 is 25.4. The maximum Gasteiger partial charge on any atom is 0.277 e. The number of oxazole rings is 1. The molecule has 0 radical (unpaired) electrons. The number of nitrogens with one attached hydrogen (secondary N) is 1. The SMILES string of the molecule is CC(=O)N1CCc2ccc(OCc3nc(C(=O)Nc4ccc(C)cc4)co3)cc2C1c1cccc(F)c1. The molecular weight excluding hydrogens is 473 g/mol. The second kappa shape index (κ2) is 10.3. The number of hydrogen-bond donors (Lipinski definition) is 1. The monoisotopic (exact) mass is 499 g/mol. The second-order valence-corrected chi connectivity index (χ2v) is 9.02. The molecule has 2 amide bonds. The molecule has 0 aliphatic carbocycles. The summed E-state index contributed by atoms with van der Waals surface area (Å²) in [4.78, 5) is 30.9. The Morgan fingerprint density at radius 1 is 1.14 bits per heavy atom. The summed E-state index contributed by atoms with van der Waals surface area (Å²) in [6.07, 6.45) is 1.99. The fourth-order valence-electron chi connectivity index (χ4n) is 4.52. The van der Waals surface area contributed by atoms with E-state index in [-0.39, 0.29) is 35.8 Å². The van der Waals surface area contributed by atoms with Crippen molar-refractivity contribution in [1.82, 2.24) is 9.88 Å². The molecule has 0 saturated carbocycles. The van der Waals surface area contributed by atoms with Gasteiger partial charge in [0.15, 0.2) is 12.3 Å². The highest BCUT2D eigenvalue weighted by molar-refractivity contribution is 6.02. The Balaban J connectivity index is 1.32. The van der Waals surface area contributed by atoms with Gasteiger partial charge in [-0.25, -0.2) is 9.37 Å². The van der Waals surface area contributed by atoms with Crippen LogP contribution in [0.15, 0.2) is 77.4 Å². The highest BCUT2D eigenvalue weighted by Crippen LogP contribution is 2.37. The van der Waals surface area contributed by atoms with Crippen molar-refractivity contribution >= 4 is 17.5 Å². The van der Waals surface area contributed by atoms with Crippen molar-refractivity contribution in [3.8, 4) is 5.75 Å². The van der Waals surface area contributed by atoms with E-state index in [0.717, 1.165) is 16.7 Å². The lowest BCUT2D eigenvalue weighted by Crippen LogP contribution is -2.39. The van der Waals surface area contributed by atoms with Crippen molar-refractivity contribution in [3.63, 3.8) is 0 Å². The third-order valence-corrected chi connectivity index (χ3v) is 6.37. The maximum absolute atomic E-state index is 14.0. The first-order chi connectivity index (χ1) is 17.9. The number of benzene rings is 3. The van der Waals surface area contributed by atoms with Gasteiger partial charge in [0.1, 0.15) is 17.8 Å². The first-order valence-corrected chi connectivity index (χ1v) is 12.0. The molecule has 0 saturated heterocycles. The van der Waals surface area contributed by atoms with Crippen molar-refractivity contribution in [2.45, 2.75) is 32.9 Å². The van der Waals surface area contributed by atoms with Crippen LogP contribution in [0.2, 0.25) is 0 Å². The number of amides is 2. The first kappa shape index (κ1) is 24.2. The average molecular weight is 500 g/mol. The van der Waals surface area contributed by atoms with E-state index in [0.29, 0.717) is 30.0 Å². The molecule has 3 aromatic carbocycles. The number of aryl methyl sites for hydroxylation is 1. The zero-order valence-corrected chi connectivity index (χ0v) is 20.5. The Morgan fingerprint density at radius 2 is 1.95 bits per heavy atom. The van der Waals surface area contributed by atoms with E-state index in [1.54, 1.807) is 11.0 Å². The number of nitrogens with zero attached hydrogens (tertiary/aromatic N) is 2. The van der Waals surface area contributed by atoms with E-state index in [9.17, 15) is 14.0 Å². The molecule has 1 aliphatic heterocycles. The van der Waals surface area contributed by atoms with Crippen LogP contribution in [0, 0.1) is 12.7 Å². The summed E-state index contributed by atoms with van der Waals surface area (Å²) >= 11 is 0. The van der Waals surface area contributed by atoms with Crippen LogP contribution in [-0.4, -0.2) is 28.2 Å². The smallest absolute Gasteiger partial charge is 0.277 e. The van der Waals surface area contributed by atoms with Crippen LogP contribution in [0.4, 0.5) is 10.1 Å². The number of hydrogen-bond acceptors (Lipinski definition) is 5. The van der Waals surface area contributed by atoms with E-state index in [1.165, 1.54) is 25.3 Å². The highest BCUT2D eigenvalue weighted by atomic mass is 19.1. The lowest BCUT2D eigenvalue weighted by molar-refractivity contribution is -0.130. The number of fused-ring (bicyclic) bond motifs is 1. The highest BCUT2D eigenvalue weighted by Gasteiger charge is 2.31. The molecular formula is C29H26FN3O4. The summed E-state index contributed by atoms with van der Waals surface area (Å²) in [7, 11) is 0. The minimum atomic E-state index is -0.417. The zero-order valence-electron chi connectivity index (χ0n) is 20.5. The van der Waals surface area contributed by atoms with E-state index < -0.39 is 6.04 Å². The normalized spacial score (nSPS) is 14.7. The third-order valence-electron chi connectivity index (χ3n) is 6.37. The Hall–Kier alpha value is -4.46. The fourth-order valence-corrected chi connectivity index (χ4v) is 4.52. The molecule has 5 rings (SSSR count). The molecule has 37 heavy (non-hydrogen) atoms. The van der Waals surface area contributed by atoms with Gasteiger partial charge < -0.3 is 19.4 Å².